The lowest BCUT2D eigenvalue weighted by atomic mass is 9.78. The van der Waals surface area contributed by atoms with Gasteiger partial charge in [0.05, 0.1) is 5.69 Å². The van der Waals surface area contributed by atoms with Crippen molar-refractivity contribution in [2.75, 3.05) is 4.90 Å². The van der Waals surface area contributed by atoms with Gasteiger partial charge in [-0.05, 0) is 121 Å². The highest BCUT2D eigenvalue weighted by Crippen LogP contribution is 2.52. The Bertz CT molecular complexity index is 2990. The molecular formula is C50H31NS. The van der Waals surface area contributed by atoms with Crippen LogP contribution in [0.15, 0.2) is 188 Å². The Labute approximate surface area is 306 Å². The zero-order valence-corrected chi connectivity index (χ0v) is 29.1. The maximum absolute atomic E-state index is 2.42. The Morgan fingerprint density at radius 3 is 1.60 bits per heavy atom. The summed E-state index contributed by atoms with van der Waals surface area (Å²) < 4.78 is 2.67. The van der Waals surface area contributed by atoms with E-state index in [2.05, 4.69) is 193 Å². The minimum atomic E-state index is 1.13. The first-order valence-corrected chi connectivity index (χ1v) is 18.7. The van der Waals surface area contributed by atoms with E-state index in [-0.39, 0.29) is 0 Å². The zero-order chi connectivity index (χ0) is 34.2. The van der Waals surface area contributed by atoms with Crippen molar-refractivity contribution in [2.24, 2.45) is 0 Å². The Hall–Kier alpha value is -6.48. The van der Waals surface area contributed by atoms with Crippen LogP contribution in [0.1, 0.15) is 0 Å². The van der Waals surface area contributed by atoms with Crippen LogP contribution in [0.5, 0.6) is 0 Å². The van der Waals surface area contributed by atoms with Crippen LogP contribution >= 0.6 is 11.3 Å². The molecule has 0 bridgehead atoms. The lowest BCUT2D eigenvalue weighted by molar-refractivity contribution is 1.30. The molecule has 0 spiro atoms. The van der Waals surface area contributed by atoms with Crippen LogP contribution in [0.3, 0.4) is 0 Å². The molecule has 1 aromatic heterocycles. The molecule has 0 aliphatic heterocycles. The highest BCUT2D eigenvalue weighted by atomic mass is 32.1. The quantitative estimate of drug-likeness (QED) is 0.175. The summed E-state index contributed by atoms with van der Waals surface area (Å²) in [5, 5.41) is 7.71. The summed E-state index contributed by atoms with van der Waals surface area (Å²) in [6.45, 7) is 0. The number of benzene rings is 9. The van der Waals surface area contributed by atoms with E-state index in [0.717, 1.165) is 11.4 Å². The summed E-state index contributed by atoms with van der Waals surface area (Å²) >= 11 is 1.88. The molecule has 10 aromatic rings. The fourth-order valence-electron chi connectivity index (χ4n) is 8.20. The Morgan fingerprint density at radius 2 is 0.865 bits per heavy atom. The Kier molecular flexibility index (Phi) is 6.49. The van der Waals surface area contributed by atoms with Gasteiger partial charge < -0.3 is 4.90 Å². The minimum Gasteiger partial charge on any atom is -0.310 e. The van der Waals surface area contributed by atoms with Gasteiger partial charge in [0, 0.05) is 36.9 Å². The molecule has 2 heteroatoms. The van der Waals surface area contributed by atoms with Gasteiger partial charge >= 0.3 is 0 Å². The third-order valence-electron chi connectivity index (χ3n) is 10.8. The normalized spacial score (nSPS) is 11.8. The summed E-state index contributed by atoms with van der Waals surface area (Å²) in [7, 11) is 0. The molecule has 0 N–H and O–H groups in total. The van der Waals surface area contributed by atoms with E-state index in [9.17, 15) is 0 Å². The largest absolute Gasteiger partial charge is 0.310 e. The van der Waals surface area contributed by atoms with Crippen LogP contribution in [-0.2, 0) is 0 Å². The van der Waals surface area contributed by atoms with Gasteiger partial charge in [-0.3, -0.25) is 0 Å². The first-order valence-electron chi connectivity index (χ1n) is 17.8. The van der Waals surface area contributed by atoms with E-state index >= 15 is 0 Å². The predicted molar refractivity (Wildman–Crippen MR) is 224 cm³/mol. The summed E-state index contributed by atoms with van der Waals surface area (Å²) in [5.41, 5.74) is 13.7. The van der Waals surface area contributed by atoms with Gasteiger partial charge in [-0.15, -0.1) is 11.3 Å². The molecule has 1 nitrogen and oxygen atoms in total. The van der Waals surface area contributed by atoms with Crippen LogP contribution in [0.25, 0.3) is 86.2 Å². The number of rotatable bonds is 5. The number of thiophene rings is 1. The molecule has 242 valence electrons. The second-order valence-electron chi connectivity index (χ2n) is 13.7. The van der Waals surface area contributed by atoms with Crippen LogP contribution in [-0.4, -0.2) is 0 Å². The van der Waals surface area contributed by atoms with E-state index in [1.807, 2.05) is 11.3 Å². The molecule has 9 aromatic carbocycles. The van der Waals surface area contributed by atoms with E-state index in [4.69, 9.17) is 0 Å². The fourth-order valence-corrected chi connectivity index (χ4v) is 9.44. The zero-order valence-electron chi connectivity index (χ0n) is 28.3. The van der Waals surface area contributed by atoms with Crippen molar-refractivity contribution in [3.05, 3.63) is 188 Å². The van der Waals surface area contributed by atoms with E-state index in [1.165, 1.54) is 91.9 Å². The smallest absolute Gasteiger partial charge is 0.0540 e. The maximum atomic E-state index is 2.42. The third-order valence-corrected chi connectivity index (χ3v) is 12.0. The molecule has 1 aliphatic rings. The molecule has 11 rings (SSSR count). The number of nitrogens with zero attached hydrogens (tertiary/aromatic N) is 1. The second-order valence-corrected chi connectivity index (χ2v) is 14.8. The molecule has 0 radical (unpaired) electrons. The van der Waals surface area contributed by atoms with Gasteiger partial charge in [-0.1, -0.05) is 127 Å². The average Bonchev–Trinajstić information content (AvgIpc) is 3.60. The van der Waals surface area contributed by atoms with Crippen LogP contribution in [0.2, 0.25) is 0 Å². The van der Waals surface area contributed by atoms with Crippen molar-refractivity contribution in [3.63, 3.8) is 0 Å². The second kappa shape index (κ2) is 11.5. The maximum Gasteiger partial charge on any atom is 0.0540 e. The molecule has 1 heterocycles. The first-order chi connectivity index (χ1) is 25.8. The fraction of sp³-hybridized carbons (Fsp3) is 0. The van der Waals surface area contributed by atoms with Gasteiger partial charge in [-0.25, -0.2) is 0 Å². The number of anilines is 3. The predicted octanol–water partition coefficient (Wildman–Crippen LogP) is 14.8. The summed E-state index contributed by atoms with van der Waals surface area (Å²) in [6, 6.07) is 69.1. The highest BCUT2D eigenvalue weighted by Gasteiger charge is 2.25. The molecule has 0 fully saturated rings. The van der Waals surface area contributed by atoms with E-state index < -0.39 is 0 Å². The minimum absolute atomic E-state index is 1.13. The van der Waals surface area contributed by atoms with Crippen LogP contribution in [0, 0.1) is 0 Å². The molecule has 0 amide bonds. The molecule has 52 heavy (non-hydrogen) atoms. The average molecular weight is 678 g/mol. The van der Waals surface area contributed by atoms with Gasteiger partial charge in [0.25, 0.3) is 0 Å². The molecule has 1 aliphatic carbocycles. The standard InChI is InChI=1S/C50H31NS/c1-2-10-32(11-3-1)33-20-24-38(25-21-33)51(39-26-22-34(23-27-39)40-16-9-17-42-41-15-6-7-19-49(41)52-50(40)42)48-18-8-14-37-30-46-44-28-35-12-4-5-13-36(35)29-45(44)47(46)31-43(37)48/h1-31H. The van der Waals surface area contributed by atoms with Gasteiger partial charge in [0.15, 0.2) is 0 Å². The monoisotopic (exact) mass is 677 g/mol. The number of fused-ring (bicyclic) bond motifs is 9. The third kappa shape index (κ3) is 4.55. The highest BCUT2D eigenvalue weighted by molar-refractivity contribution is 7.26. The Balaban J connectivity index is 1.06. The lowest BCUT2D eigenvalue weighted by Gasteiger charge is -2.30. The SMILES string of the molecule is c1ccc(-c2ccc(N(c3ccc(-c4cccc5c4sc4ccccc45)cc3)c3cccc4cc5c(cc34)-c3cc4ccccc4cc3-5)cc2)cc1. The number of hydrogen-bond acceptors (Lipinski definition) is 2. The van der Waals surface area contributed by atoms with Crippen LogP contribution < -0.4 is 4.90 Å². The molecule has 0 saturated carbocycles. The molecule has 0 unspecified atom stereocenters. The molecule has 0 atom stereocenters. The molecule has 0 saturated heterocycles. The van der Waals surface area contributed by atoms with Gasteiger partial charge in [-0.2, -0.15) is 0 Å². The summed E-state index contributed by atoms with van der Waals surface area (Å²) in [5.74, 6) is 0. The van der Waals surface area contributed by atoms with Crippen LogP contribution in [0.4, 0.5) is 17.1 Å². The topological polar surface area (TPSA) is 3.24 Å². The Morgan fingerprint density at radius 1 is 0.327 bits per heavy atom. The molecular weight excluding hydrogens is 647 g/mol. The van der Waals surface area contributed by atoms with Gasteiger partial charge in [0.2, 0.25) is 0 Å². The van der Waals surface area contributed by atoms with Gasteiger partial charge in [0.1, 0.15) is 0 Å². The lowest BCUT2D eigenvalue weighted by Crippen LogP contribution is -2.11. The number of hydrogen-bond donors (Lipinski definition) is 0. The first kappa shape index (κ1) is 29.3. The van der Waals surface area contributed by atoms with Crippen molar-refractivity contribution in [1.29, 1.82) is 0 Å². The van der Waals surface area contributed by atoms with Crippen molar-refractivity contribution in [1.82, 2.24) is 0 Å². The van der Waals surface area contributed by atoms with Crippen molar-refractivity contribution in [2.45, 2.75) is 0 Å². The summed E-state index contributed by atoms with van der Waals surface area (Å²) in [4.78, 5) is 2.42. The van der Waals surface area contributed by atoms with E-state index in [1.54, 1.807) is 0 Å². The van der Waals surface area contributed by atoms with Crippen molar-refractivity contribution < 1.29 is 0 Å². The van der Waals surface area contributed by atoms with Crippen molar-refractivity contribution in [3.8, 4) is 44.5 Å². The van der Waals surface area contributed by atoms with E-state index in [0.29, 0.717) is 0 Å². The summed E-state index contributed by atoms with van der Waals surface area (Å²) in [6.07, 6.45) is 0. The van der Waals surface area contributed by atoms with Crippen molar-refractivity contribution >= 4 is 70.1 Å².